The normalized spacial score (nSPS) is 25.3. The molecular formula is C13H18F2N2S. The van der Waals surface area contributed by atoms with E-state index in [9.17, 15) is 8.78 Å². The predicted octanol–water partition coefficient (Wildman–Crippen LogP) is 2.62. The number of halogens is 2. The first-order valence-electron chi connectivity index (χ1n) is 6.10. The Balaban J connectivity index is 2.20. The summed E-state index contributed by atoms with van der Waals surface area (Å²) in [6, 6.07) is 3.83. The molecule has 0 bridgehead atoms. The van der Waals surface area contributed by atoms with Crippen LogP contribution in [0, 0.1) is 11.6 Å². The van der Waals surface area contributed by atoms with Crippen molar-refractivity contribution in [2.75, 3.05) is 5.75 Å². The van der Waals surface area contributed by atoms with Crippen molar-refractivity contribution in [2.45, 2.75) is 37.0 Å². The van der Waals surface area contributed by atoms with Crippen LogP contribution in [0.15, 0.2) is 18.2 Å². The third-order valence-corrected chi connectivity index (χ3v) is 5.30. The summed E-state index contributed by atoms with van der Waals surface area (Å²) >= 11 is 1.82. The van der Waals surface area contributed by atoms with Gasteiger partial charge in [0.2, 0.25) is 0 Å². The lowest BCUT2D eigenvalue weighted by molar-refractivity contribution is 0.394. The standard InChI is InChI=1S/C13H18F2N2S/c1-13(6-3-7-18-13)12(17-16)8-9-10(14)4-2-5-11(9)15/h2,4-5,12,17H,3,6-8,16H2,1H3. The Morgan fingerprint density at radius 3 is 2.61 bits per heavy atom. The third-order valence-electron chi connectivity index (χ3n) is 3.66. The molecule has 1 saturated heterocycles. The van der Waals surface area contributed by atoms with Crippen LogP contribution in [0.1, 0.15) is 25.3 Å². The zero-order chi connectivity index (χ0) is 13.2. The monoisotopic (exact) mass is 272 g/mol. The lowest BCUT2D eigenvalue weighted by atomic mass is 9.91. The van der Waals surface area contributed by atoms with Gasteiger partial charge >= 0.3 is 0 Å². The summed E-state index contributed by atoms with van der Waals surface area (Å²) < 4.78 is 27.2. The van der Waals surface area contributed by atoms with Gasteiger partial charge in [-0.2, -0.15) is 11.8 Å². The van der Waals surface area contributed by atoms with Crippen LogP contribution in [0.3, 0.4) is 0 Å². The summed E-state index contributed by atoms with van der Waals surface area (Å²) in [6.07, 6.45) is 2.42. The Bertz CT molecular complexity index is 399. The highest BCUT2D eigenvalue weighted by molar-refractivity contribution is 8.00. The first-order chi connectivity index (χ1) is 8.57. The van der Waals surface area contributed by atoms with Crippen molar-refractivity contribution in [3.05, 3.63) is 35.4 Å². The van der Waals surface area contributed by atoms with Crippen LogP contribution in [0.5, 0.6) is 0 Å². The van der Waals surface area contributed by atoms with E-state index in [1.54, 1.807) is 0 Å². The first kappa shape index (κ1) is 13.8. The fourth-order valence-corrected chi connectivity index (χ4v) is 3.85. The molecule has 0 radical (unpaired) electrons. The van der Waals surface area contributed by atoms with Crippen LogP contribution in [-0.4, -0.2) is 16.5 Å². The largest absolute Gasteiger partial charge is 0.271 e. The fourth-order valence-electron chi connectivity index (χ4n) is 2.46. The number of nitrogens with two attached hydrogens (primary N) is 1. The Morgan fingerprint density at radius 1 is 1.44 bits per heavy atom. The van der Waals surface area contributed by atoms with E-state index >= 15 is 0 Å². The topological polar surface area (TPSA) is 38.0 Å². The number of thioether (sulfide) groups is 1. The van der Waals surface area contributed by atoms with E-state index in [1.807, 2.05) is 11.8 Å². The van der Waals surface area contributed by atoms with E-state index in [2.05, 4.69) is 12.3 Å². The van der Waals surface area contributed by atoms with Gasteiger partial charge in [-0.1, -0.05) is 6.07 Å². The number of hydrogen-bond donors (Lipinski definition) is 2. The molecule has 5 heteroatoms. The van der Waals surface area contributed by atoms with Gasteiger partial charge in [-0.05, 0) is 44.1 Å². The van der Waals surface area contributed by atoms with E-state index in [1.165, 1.54) is 18.2 Å². The van der Waals surface area contributed by atoms with E-state index in [0.717, 1.165) is 18.6 Å². The Morgan fingerprint density at radius 2 is 2.11 bits per heavy atom. The van der Waals surface area contributed by atoms with Gasteiger partial charge in [0.1, 0.15) is 11.6 Å². The summed E-state index contributed by atoms with van der Waals surface area (Å²) in [7, 11) is 0. The van der Waals surface area contributed by atoms with Crippen LogP contribution in [0.4, 0.5) is 8.78 Å². The third kappa shape index (κ3) is 2.68. The molecule has 1 aliphatic heterocycles. The van der Waals surface area contributed by atoms with E-state index in [-0.39, 0.29) is 22.8 Å². The van der Waals surface area contributed by atoms with Crippen molar-refractivity contribution in [1.82, 2.24) is 5.43 Å². The minimum absolute atomic E-state index is 0.0521. The Labute approximate surface area is 110 Å². The van der Waals surface area contributed by atoms with E-state index in [4.69, 9.17) is 5.84 Å². The fraction of sp³-hybridized carbons (Fsp3) is 0.538. The molecule has 3 N–H and O–H groups in total. The van der Waals surface area contributed by atoms with Crippen LogP contribution in [0.2, 0.25) is 0 Å². The van der Waals surface area contributed by atoms with Crippen LogP contribution >= 0.6 is 11.8 Å². The van der Waals surface area contributed by atoms with Gasteiger partial charge in [-0.15, -0.1) is 0 Å². The summed E-state index contributed by atoms with van der Waals surface area (Å²) in [5, 5.41) is 0. The van der Waals surface area contributed by atoms with Gasteiger partial charge in [-0.25, -0.2) is 8.78 Å². The van der Waals surface area contributed by atoms with E-state index < -0.39 is 11.6 Å². The van der Waals surface area contributed by atoms with Crippen LogP contribution in [-0.2, 0) is 6.42 Å². The lowest BCUT2D eigenvalue weighted by Gasteiger charge is -2.33. The molecule has 100 valence electrons. The van der Waals surface area contributed by atoms with Crippen molar-refractivity contribution in [2.24, 2.45) is 5.84 Å². The minimum Gasteiger partial charge on any atom is -0.271 e. The lowest BCUT2D eigenvalue weighted by Crippen LogP contribution is -2.50. The maximum atomic E-state index is 13.6. The molecule has 0 aliphatic carbocycles. The smallest absolute Gasteiger partial charge is 0.129 e. The van der Waals surface area contributed by atoms with Gasteiger partial charge in [0.25, 0.3) is 0 Å². The predicted molar refractivity (Wildman–Crippen MR) is 71.3 cm³/mol. The molecule has 1 aromatic carbocycles. The van der Waals surface area contributed by atoms with E-state index in [0.29, 0.717) is 0 Å². The summed E-state index contributed by atoms with van der Waals surface area (Å²) in [5.74, 6) is 5.66. The van der Waals surface area contributed by atoms with Crippen molar-refractivity contribution >= 4 is 11.8 Å². The molecule has 1 aromatic rings. The average molecular weight is 272 g/mol. The molecule has 0 amide bonds. The number of hydrazine groups is 1. The second-order valence-electron chi connectivity index (χ2n) is 4.89. The zero-order valence-corrected chi connectivity index (χ0v) is 11.2. The molecule has 2 atom stereocenters. The Kier molecular flexibility index (Phi) is 4.25. The number of nitrogens with one attached hydrogen (secondary N) is 1. The molecule has 0 spiro atoms. The minimum atomic E-state index is -0.498. The highest BCUT2D eigenvalue weighted by Crippen LogP contribution is 2.41. The quantitative estimate of drug-likeness (QED) is 0.653. The number of hydrogen-bond acceptors (Lipinski definition) is 3. The second kappa shape index (κ2) is 5.55. The maximum absolute atomic E-state index is 13.6. The average Bonchev–Trinajstić information content (AvgIpc) is 2.77. The molecule has 2 unspecified atom stereocenters. The molecule has 2 rings (SSSR count). The second-order valence-corrected chi connectivity index (χ2v) is 6.52. The number of rotatable bonds is 4. The Hall–Kier alpha value is -0.650. The molecule has 1 aliphatic rings. The van der Waals surface area contributed by atoms with Crippen LogP contribution < -0.4 is 11.3 Å². The van der Waals surface area contributed by atoms with Gasteiger partial charge in [-0.3, -0.25) is 11.3 Å². The van der Waals surface area contributed by atoms with Crippen molar-refractivity contribution in [3.63, 3.8) is 0 Å². The summed E-state index contributed by atoms with van der Waals surface area (Å²) in [6.45, 7) is 2.11. The zero-order valence-electron chi connectivity index (χ0n) is 10.4. The summed E-state index contributed by atoms with van der Waals surface area (Å²) in [4.78, 5) is 0. The summed E-state index contributed by atoms with van der Waals surface area (Å²) in [5.41, 5.74) is 2.85. The molecule has 1 fully saturated rings. The molecule has 0 saturated carbocycles. The molecule has 1 heterocycles. The molecule has 0 aromatic heterocycles. The van der Waals surface area contributed by atoms with Gasteiger partial charge in [0.05, 0.1) is 0 Å². The van der Waals surface area contributed by atoms with Crippen molar-refractivity contribution in [1.29, 1.82) is 0 Å². The first-order valence-corrected chi connectivity index (χ1v) is 7.08. The van der Waals surface area contributed by atoms with Crippen LogP contribution in [0.25, 0.3) is 0 Å². The molecule has 18 heavy (non-hydrogen) atoms. The van der Waals surface area contributed by atoms with Gasteiger partial charge < -0.3 is 0 Å². The molecule has 2 nitrogen and oxygen atoms in total. The highest BCUT2D eigenvalue weighted by Gasteiger charge is 2.38. The van der Waals surface area contributed by atoms with Crippen molar-refractivity contribution < 1.29 is 8.78 Å². The highest BCUT2D eigenvalue weighted by atomic mass is 32.2. The van der Waals surface area contributed by atoms with Gasteiger partial charge in [0.15, 0.2) is 0 Å². The number of benzene rings is 1. The maximum Gasteiger partial charge on any atom is 0.129 e. The van der Waals surface area contributed by atoms with Crippen molar-refractivity contribution in [3.8, 4) is 0 Å². The SMILES string of the molecule is CC1(C(Cc2c(F)cccc2F)NN)CCCS1. The molecular weight excluding hydrogens is 254 g/mol. The van der Waals surface area contributed by atoms with Gasteiger partial charge in [0, 0.05) is 16.4 Å².